The maximum absolute atomic E-state index is 5.88. The zero-order valence-corrected chi connectivity index (χ0v) is 10.5. The molecular formula is C8H4Cl3N3S. The molecule has 2 rings (SSSR count). The molecule has 0 amide bonds. The van der Waals surface area contributed by atoms with E-state index in [1.807, 2.05) is 6.92 Å². The molecule has 0 aliphatic carbocycles. The first-order valence-electron chi connectivity index (χ1n) is 3.90. The molecule has 2 aromatic heterocycles. The molecule has 0 unspecified atom stereocenters. The summed E-state index contributed by atoms with van der Waals surface area (Å²) in [5.74, 6) is 0. The molecule has 0 aliphatic rings. The van der Waals surface area contributed by atoms with E-state index in [2.05, 4.69) is 15.2 Å². The summed E-state index contributed by atoms with van der Waals surface area (Å²) in [6.07, 6.45) is 0. The minimum Gasteiger partial charge on any atom is -0.232 e. The van der Waals surface area contributed by atoms with Crippen LogP contribution in [0.15, 0.2) is 6.07 Å². The van der Waals surface area contributed by atoms with Gasteiger partial charge >= 0.3 is 0 Å². The predicted octanol–water partition coefficient (Wildman–Crippen LogP) is 3.87. The van der Waals surface area contributed by atoms with Crippen molar-refractivity contribution in [1.29, 1.82) is 0 Å². The van der Waals surface area contributed by atoms with Crippen LogP contribution in [-0.4, -0.2) is 15.2 Å². The molecule has 0 saturated heterocycles. The highest BCUT2D eigenvalue weighted by atomic mass is 35.5. The first-order valence-corrected chi connectivity index (χ1v) is 5.85. The molecule has 7 heteroatoms. The topological polar surface area (TPSA) is 38.7 Å². The second kappa shape index (κ2) is 4.22. The normalized spacial score (nSPS) is 10.7. The van der Waals surface area contributed by atoms with Gasteiger partial charge in [0.2, 0.25) is 0 Å². The van der Waals surface area contributed by atoms with Gasteiger partial charge in [0.25, 0.3) is 0 Å². The Labute approximate surface area is 105 Å². The SMILES string of the molecule is Cc1nnc(-c2cc(Cl)c(Cl)c(Cl)n2)s1. The molecule has 0 aliphatic heterocycles. The number of pyridine rings is 1. The monoisotopic (exact) mass is 279 g/mol. The first kappa shape index (κ1) is 11.1. The van der Waals surface area contributed by atoms with Gasteiger partial charge in [0.1, 0.15) is 15.9 Å². The Morgan fingerprint density at radius 1 is 1.20 bits per heavy atom. The van der Waals surface area contributed by atoms with Crippen LogP contribution >= 0.6 is 46.1 Å². The fraction of sp³-hybridized carbons (Fsp3) is 0.125. The molecule has 0 spiro atoms. The molecule has 0 aromatic carbocycles. The highest BCUT2D eigenvalue weighted by Crippen LogP contribution is 2.32. The van der Waals surface area contributed by atoms with Crippen LogP contribution in [0.3, 0.4) is 0 Å². The quantitative estimate of drug-likeness (QED) is 0.744. The van der Waals surface area contributed by atoms with E-state index in [0.29, 0.717) is 15.7 Å². The van der Waals surface area contributed by atoms with Crippen molar-refractivity contribution in [1.82, 2.24) is 15.2 Å². The van der Waals surface area contributed by atoms with Gasteiger partial charge in [0.15, 0.2) is 5.01 Å². The summed E-state index contributed by atoms with van der Waals surface area (Å²) in [7, 11) is 0. The van der Waals surface area contributed by atoms with Crippen LogP contribution in [0, 0.1) is 6.92 Å². The van der Waals surface area contributed by atoms with Crippen molar-refractivity contribution < 1.29 is 0 Å². The van der Waals surface area contributed by atoms with Crippen LogP contribution in [0.5, 0.6) is 0 Å². The van der Waals surface area contributed by atoms with Crippen molar-refractivity contribution in [2.75, 3.05) is 0 Å². The van der Waals surface area contributed by atoms with Crippen molar-refractivity contribution in [3.05, 3.63) is 26.3 Å². The van der Waals surface area contributed by atoms with E-state index in [0.717, 1.165) is 5.01 Å². The molecule has 0 bridgehead atoms. The van der Waals surface area contributed by atoms with Crippen molar-refractivity contribution >= 4 is 46.1 Å². The van der Waals surface area contributed by atoms with E-state index in [9.17, 15) is 0 Å². The summed E-state index contributed by atoms with van der Waals surface area (Å²) >= 11 is 18.9. The Morgan fingerprint density at radius 3 is 2.47 bits per heavy atom. The van der Waals surface area contributed by atoms with Gasteiger partial charge < -0.3 is 0 Å². The van der Waals surface area contributed by atoms with Crippen LogP contribution in [0.2, 0.25) is 15.2 Å². The summed E-state index contributed by atoms with van der Waals surface area (Å²) in [5, 5.41) is 10.1. The minimum atomic E-state index is 0.173. The maximum atomic E-state index is 5.88. The molecule has 15 heavy (non-hydrogen) atoms. The minimum absolute atomic E-state index is 0.173. The maximum Gasteiger partial charge on any atom is 0.166 e. The zero-order valence-electron chi connectivity index (χ0n) is 7.46. The molecule has 0 radical (unpaired) electrons. The third kappa shape index (κ3) is 2.23. The standard InChI is InChI=1S/C8H4Cl3N3S/c1-3-13-14-8(15-3)5-2-4(9)6(10)7(11)12-5/h2H,1H3. The fourth-order valence-corrected chi connectivity index (χ4v) is 2.16. The second-order valence-electron chi connectivity index (χ2n) is 2.72. The van der Waals surface area contributed by atoms with Crippen LogP contribution in [0.4, 0.5) is 0 Å². The summed E-state index contributed by atoms with van der Waals surface area (Å²) < 4.78 is 0. The molecular weight excluding hydrogens is 277 g/mol. The Bertz CT molecular complexity index is 489. The van der Waals surface area contributed by atoms with Gasteiger partial charge in [0, 0.05) is 0 Å². The van der Waals surface area contributed by atoms with Gasteiger partial charge in [-0.05, 0) is 13.0 Å². The lowest BCUT2D eigenvalue weighted by atomic mass is 10.4. The Morgan fingerprint density at radius 2 is 1.93 bits per heavy atom. The number of aromatic nitrogens is 3. The Balaban J connectivity index is 2.55. The summed E-state index contributed by atoms with van der Waals surface area (Å²) in [6.45, 7) is 1.86. The third-order valence-electron chi connectivity index (χ3n) is 1.62. The van der Waals surface area contributed by atoms with Crippen LogP contribution in [-0.2, 0) is 0 Å². The number of hydrogen-bond donors (Lipinski definition) is 0. The molecule has 2 heterocycles. The summed E-state index contributed by atoms with van der Waals surface area (Å²) in [5.41, 5.74) is 0.583. The Hall–Kier alpha value is -0.420. The molecule has 0 N–H and O–H groups in total. The molecule has 2 aromatic rings. The number of aryl methyl sites for hydroxylation is 1. The number of hydrogen-bond acceptors (Lipinski definition) is 4. The van der Waals surface area contributed by atoms with Crippen molar-refractivity contribution in [3.63, 3.8) is 0 Å². The van der Waals surface area contributed by atoms with Gasteiger partial charge in [-0.15, -0.1) is 10.2 Å². The lowest BCUT2D eigenvalue weighted by molar-refractivity contribution is 1.05. The zero-order chi connectivity index (χ0) is 11.0. The number of halogens is 3. The average molecular weight is 281 g/mol. The van der Waals surface area contributed by atoms with Crippen LogP contribution in [0.25, 0.3) is 10.7 Å². The fourth-order valence-electron chi connectivity index (χ4n) is 0.979. The number of rotatable bonds is 1. The van der Waals surface area contributed by atoms with E-state index in [1.165, 1.54) is 11.3 Å². The van der Waals surface area contributed by atoms with Crippen molar-refractivity contribution in [2.45, 2.75) is 6.92 Å². The number of nitrogens with zero attached hydrogens (tertiary/aromatic N) is 3. The molecule has 3 nitrogen and oxygen atoms in total. The lowest BCUT2D eigenvalue weighted by Gasteiger charge is -2.00. The molecule has 78 valence electrons. The van der Waals surface area contributed by atoms with Gasteiger partial charge in [-0.25, -0.2) is 4.98 Å². The van der Waals surface area contributed by atoms with E-state index < -0.39 is 0 Å². The van der Waals surface area contributed by atoms with Crippen LogP contribution in [0.1, 0.15) is 5.01 Å². The van der Waals surface area contributed by atoms with Gasteiger partial charge in [-0.1, -0.05) is 46.1 Å². The van der Waals surface area contributed by atoms with Gasteiger partial charge in [0.05, 0.1) is 10.0 Å². The lowest BCUT2D eigenvalue weighted by Crippen LogP contribution is -1.85. The molecule has 0 atom stereocenters. The first-order chi connectivity index (χ1) is 7.08. The predicted molar refractivity (Wildman–Crippen MR) is 62.9 cm³/mol. The van der Waals surface area contributed by atoms with Crippen molar-refractivity contribution in [2.24, 2.45) is 0 Å². The van der Waals surface area contributed by atoms with E-state index in [4.69, 9.17) is 34.8 Å². The highest BCUT2D eigenvalue weighted by molar-refractivity contribution is 7.14. The van der Waals surface area contributed by atoms with E-state index in [-0.39, 0.29) is 10.2 Å². The van der Waals surface area contributed by atoms with Gasteiger partial charge in [-0.3, -0.25) is 0 Å². The van der Waals surface area contributed by atoms with Gasteiger partial charge in [-0.2, -0.15) is 0 Å². The Kier molecular flexibility index (Phi) is 3.11. The molecule has 0 saturated carbocycles. The van der Waals surface area contributed by atoms with E-state index in [1.54, 1.807) is 6.07 Å². The average Bonchev–Trinajstić information content (AvgIpc) is 2.60. The third-order valence-corrected chi connectivity index (χ3v) is 3.63. The molecule has 0 fully saturated rings. The smallest absolute Gasteiger partial charge is 0.166 e. The highest BCUT2D eigenvalue weighted by Gasteiger charge is 2.11. The summed E-state index contributed by atoms with van der Waals surface area (Å²) in [4.78, 5) is 4.07. The van der Waals surface area contributed by atoms with Crippen molar-refractivity contribution in [3.8, 4) is 10.7 Å². The summed E-state index contributed by atoms with van der Waals surface area (Å²) in [6, 6.07) is 1.62. The van der Waals surface area contributed by atoms with Crippen LogP contribution < -0.4 is 0 Å². The second-order valence-corrected chi connectivity index (χ2v) is 5.05. The largest absolute Gasteiger partial charge is 0.232 e. The van der Waals surface area contributed by atoms with E-state index >= 15 is 0 Å².